The van der Waals surface area contributed by atoms with Crippen LogP contribution in [-0.2, 0) is 11.3 Å². The molecule has 0 radical (unpaired) electrons. The molecule has 154 valence electrons. The fraction of sp³-hybridized carbons (Fsp3) is 0.478. The van der Waals surface area contributed by atoms with E-state index in [1.165, 1.54) is 0 Å². The Morgan fingerprint density at radius 2 is 1.66 bits per heavy atom. The van der Waals surface area contributed by atoms with Gasteiger partial charge in [0, 0.05) is 31.6 Å². The molecule has 0 spiro atoms. The number of likely N-dealkylation sites (tertiary alicyclic amines) is 2. The summed E-state index contributed by atoms with van der Waals surface area (Å²) >= 11 is 0. The summed E-state index contributed by atoms with van der Waals surface area (Å²) in [6, 6.07) is 14.0. The van der Waals surface area contributed by atoms with Crippen molar-refractivity contribution in [2.24, 2.45) is 5.92 Å². The van der Waals surface area contributed by atoms with E-state index in [0.717, 1.165) is 57.4 Å². The highest BCUT2D eigenvalue weighted by molar-refractivity contribution is 5.91. The van der Waals surface area contributed by atoms with E-state index in [-0.39, 0.29) is 17.7 Å². The Morgan fingerprint density at radius 1 is 0.931 bits per heavy atom. The molecule has 1 aromatic carbocycles. The summed E-state index contributed by atoms with van der Waals surface area (Å²) in [5.74, 6) is 0.691. The summed E-state index contributed by atoms with van der Waals surface area (Å²) in [6.45, 7) is 4.05. The minimum Gasteiger partial charge on any atom is -0.459 e. The lowest BCUT2D eigenvalue weighted by Crippen LogP contribution is -2.50. The molecule has 0 unspecified atom stereocenters. The first kappa shape index (κ1) is 19.7. The molecule has 3 heterocycles. The average molecular weight is 396 g/mol. The van der Waals surface area contributed by atoms with Gasteiger partial charge in [-0.2, -0.15) is 0 Å². The van der Waals surface area contributed by atoms with Crippen molar-refractivity contribution in [3.63, 3.8) is 0 Å². The third-order valence-electron chi connectivity index (χ3n) is 6.21. The van der Waals surface area contributed by atoms with Crippen molar-refractivity contribution >= 4 is 11.8 Å². The fourth-order valence-corrected chi connectivity index (χ4v) is 4.45. The van der Waals surface area contributed by atoms with Crippen LogP contribution < -0.4 is 5.32 Å². The van der Waals surface area contributed by atoms with Gasteiger partial charge in [-0.3, -0.25) is 9.59 Å². The Kier molecular flexibility index (Phi) is 6.30. The van der Waals surface area contributed by atoms with Crippen LogP contribution in [0.1, 0.15) is 41.8 Å². The first-order valence-corrected chi connectivity index (χ1v) is 10.6. The number of piperidine rings is 2. The standard InChI is InChI=1S/C23H29N3O3/c27-22(24-17-18-5-2-1-3-6-18)19-8-12-25(13-9-19)20-10-14-26(15-11-20)23(28)21-7-4-16-29-21/h1-7,16,19-20H,8-15,17H2,(H,24,27). The van der Waals surface area contributed by atoms with Gasteiger partial charge in [-0.25, -0.2) is 0 Å². The number of nitrogens with zero attached hydrogens (tertiary/aromatic N) is 2. The molecule has 29 heavy (non-hydrogen) atoms. The molecule has 6 heteroatoms. The fourth-order valence-electron chi connectivity index (χ4n) is 4.45. The molecule has 6 nitrogen and oxygen atoms in total. The summed E-state index contributed by atoms with van der Waals surface area (Å²) in [5, 5.41) is 3.08. The van der Waals surface area contributed by atoms with Gasteiger partial charge in [0.25, 0.3) is 5.91 Å². The third-order valence-corrected chi connectivity index (χ3v) is 6.21. The predicted molar refractivity (Wildman–Crippen MR) is 110 cm³/mol. The van der Waals surface area contributed by atoms with Gasteiger partial charge in [-0.05, 0) is 56.5 Å². The van der Waals surface area contributed by atoms with Gasteiger partial charge in [0.1, 0.15) is 0 Å². The van der Waals surface area contributed by atoms with Crippen molar-refractivity contribution in [3.05, 3.63) is 60.1 Å². The van der Waals surface area contributed by atoms with Crippen molar-refractivity contribution in [1.29, 1.82) is 0 Å². The van der Waals surface area contributed by atoms with Gasteiger partial charge in [0.2, 0.25) is 5.91 Å². The number of benzene rings is 1. The lowest BCUT2D eigenvalue weighted by molar-refractivity contribution is -0.126. The highest BCUT2D eigenvalue weighted by Crippen LogP contribution is 2.25. The Balaban J connectivity index is 1.19. The minimum atomic E-state index is -0.0118. The zero-order chi connectivity index (χ0) is 20.1. The maximum Gasteiger partial charge on any atom is 0.289 e. The minimum absolute atomic E-state index is 0.0118. The number of hydrogen-bond acceptors (Lipinski definition) is 4. The Labute approximate surface area is 171 Å². The van der Waals surface area contributed by atoms with Crippen molar-refractivity contribution in [2.45, 2.75) is 38.3 Å². The predicted octanol–water partition coefficient (Wildman–Crippen LogP) is 2.91. The van der Waals surface area contributed by atoms with Gasteiger partial charge < -0.3 is 19.5 Å². The van der Waals surface area contributed by atoms with Crippen LogP contribution in [0.3, 0.4) is 0 Å². The van der Waals surface area contributed by atoms with E-state index < -0.39 is 0 Å². The molecule has 0 bridgehead atoms. The number of hydrogen-bond donors (Lipinski definition) is 1. The Morgan fingerprint density at radius 3 is 2.31 bits per heavy atom. The topological polar surface area (TPSA) is 65.8 Å². The van der Waals surface area contributed by atoms with Gasteiger partial charge in [0.15, 0.2) is 5.76 Å². The van der Waals surface area contributed by atoms with Crippen LogP contribution in [0.2, 0.25) is 0 Å². The van der Waals surface area contributed by atoms with Crippen LogP contribution in [0, 0.1) is 5.92 Å². The van der Waals surface area contributed by atoms with Gasteiger partial charge in [-0.1, -0.05) is 30.3 Å². The monoisotopic (exact) mass is 395 g/mol. The van der Waals surface area contributed by atoms with Crippen molar-refractivity contribution < 1.29 is 14.0 Å². The maximum atomic E-state index is 12.5. The second-order valence-corrected chi connectivity index (χ2v) is 8.01. The molecule has 2 amide bonds. The third kappa shape index (κ3) is 4.88. The molecular formula is C23H29N3O3. The van der Waals surface area contributed by atoms with E-state index in [1.54, 1.807) is 18.4 Å². The summed E-state index contributed by atoms with van der Waals surface area (Å²) in [7, 11) is 0. The molecule has 2 aliphatic rings. The van der Waals surface area contributed by atoms with Crippen molar-refractivity contribution in [1.82, 2.24) is 15.1 Å². The van der Waals surface area contributed by atoms with Crippen molar-refractivity contribution in [3.8, 4) is 0 Å². The summed E-state index contributed by atoms with van der Waals surface area (Å²) in [6.07, 6.45) is 5.33. The Bertz CT molecular complexity index is 790. The number of nitrogens with one attached hydrogen (secondary N) is 1. The molecule has 0 atom stereocenters. The van der Waals surface area contributed by atoms with Crippen LogP contribution in [0.15, 0.2) is 53.1 Å². The van der Waals surface area contributed by atoms with Gasteiger partial charge in [-0.15, -0.1) is 0 Å². The number of amides is 2. The van der Waals surface area contributed by atoms with Crippen LogP contribution in [0.25, 0.3) is 0 Å². The SMILES string of the molecule is O=C(NCc1ccccc1)C1CCN(C2CCN(C(=O)c3ccco3)CC2)CC1. The molecule has 2 fully saturated rings. The zero-order valence-electron chi connectivity index (χ0n) is 16.8. The lowest BCUT2D eigenvalue weighted by atomic mass is 9.92. The summed E-state index contributed by atoms with van der Waals surface area (Å²) in [4.78, 5) is 29.3. The van der Waals surface area contributed by atoms with E-state index in [9.17, 15) is 9.59 Å². The van der Waals surface area contributed by atoms with Gasteiger partial charge >= 0.3 is 0 Å². The zero-order valence-corrected chi connectivity index (χ0v) is 16.8. The number of rotatable bonds is 5. The molecule has 2 aliphatic heterocycles. The van der Waals surface area contributed by atoms with E-state index in [4.69, 9.17) is 4.42 Å². The quantitative estimate of drug-likeness (QED) is 0.845. The smallest absolute Gasteiger partial charge is 0.289 e. The van der Waals surface area contributed by atoms with Crippen LogP contribution in [-0.4, -0.2) is 53.8 Å². The highest BCUT2D eigenvalue weighted by Gasteiger charge is 2.32. The first-order chi connectivity index (χ1) is 14.2. The first-order valence-electron chi connectivity index (χ1n) is 10.6. The Hall–Kier alpha value is -2.60. The van der Waals surface area contributed by atoms with Gasteiger partial charge in [0.05, 0.1) is 6.26 Å². The van der Waals surface area contributed by atoms with Crippen LogP contribution in [0.4, 0.5) is 0 Å². The molecule has 4 rings (SSSR count). The normalized spacial score (nSPS) is 19.2. The average Bonchev–Trinajstić information content (AvgIpc) is 3.33. The molecule has 0 aliphatic carbocycles. The number of carbonyl (C=O) groups excluding carboxylic acids is 2. The maximum absolute atomic E-state index is 12.5. The molecule has 1 N–H and O–H groups in total. The van der Waals surface area contributed by atoms with E-state index in [1.807, 2.05) is 35.2 Å². The largest absolute Gasteiger partial charge is 0.459 e. The molecule has 0 saturated carbocycles. The van der Waals surface area contributed by atoms with E-state index >= 15 is 0 Å². The summed E-state index contributed by atoms with van der Waals surface area (Å²) in [5.41, 5.74) is 1.13. The molecule has 2 saturated heterocycles. The summed E-state index contributed by atoms with van der Waals surface area (Å²) < 4.78 is 5.23. The molecule has 1 aromatic heterocycles. The second-order valence-electron chi connectivity index (χ2n) is 8.01. The van der Waals surface area contributed by atoms with Crippen molar-refractivity contribution in [2.75, 3.05) is 26.2 Å². The molecular weight excluding hydrogens is 366 g/mol. The van der Waals surface area contributed by atoms with Crippen LogP contribution in [0.5, 0.6) is 0 Å². The molecule has 2 aromatic rings. The van der Waals surface area contributed by atoms with Crippen LogP contribution >= 0.6 is 0 Å². The van der Waals surface area contributed by atoms with E-state index in [0.29, 0.717) is 18.3 Å². The number of furan rings is 1. The second kappa shape index (κ2) is 9.27. The van der Waals surface area contributed by atoms with E-state index in [2.05, 4.69) is 10.2 Å². The lowest BCUT2D eigenvalue weighted by Gasteiger charge is -2.41. The highest BCUT2D eigenvalue weighted by atomic mass is 16.3. The number of carbonyl (C=O) groups is 2.